The third-order valence-corrected chi connectivity index (χ3v) is 4.53. The van der Waals surface area contributed by atoms with Crippen molar-refractivity contribution in [3.8, 4) is 0 Å². The fourth-order valence-corrected chi connectivity index (χ4v) is 3.30. The monoisotopic (exact) mass is 353 g/mol. The van der Waals surface area contributed by atoms with Crippen LogP contribution in [0.4, 0.5) is 14.5 Å². The maximum Gasteiger partial charge on any atom is 0.238 e. The molecule has 0 bridgehead atoms. The Balaban J connectivity index is 1.95. The first-order chi connectivity index (χ1) is 11.8. The van der Waals surface area contributed by atoms with Gasteiger partial charge >= 0.3 is 0 Å². The number of carbonyl (C=O) groups is 3. The molecular weight excluding hydrogens is 336 g/mol. The van der Waals surface area contributed by atoms with E-state index in [0.29, 0.717) is 4.90 Å². The van der Waals surface area contributed by atoms with Crippen molar-refractivity contribution in [1.82, 2.24) is 4.90 Å². The number of piperidine rings is 1. The summed E-state index contributed by atoms with van der Waals surface area (Å²) < 4.78 is 29.1. The van der Waals surface area contributed by atoms with Crippen LogP contribution in [0.3, 0.4) is 0 Å². The number of imide groups is 1. The van der Waals surface area contributed by atoms with E-state index in [9.17, 15) is 23.2 Å². The van der Waals surface area contributed by atoms with Gasteiger partial charge in [-0.3, -0.25) is 19.3 Å². The summed E-state index contributed by atoms with van der Waals surface area (Å²) in [4.78, 5) is 37.4. The highest BCUT2D eigenvalue weighted by Crippen LogP contribution is 2.35. The minimum absolute atomic E-state index is 0.0371. The molecule has 3 N–H and O–H groups in total. The molecule has 0 aromatic heterocycles. The van der Waals surface area contributed by atoms with E-state index in [0.717, 1.165) is 12.1 Å². The molecule has 2 aliphatic heterocycles. The number of nitrogens with two attached hydrogens (primary N) is 1. The van der Waals surface area contributed by atoms with Crippen molar-refractivity contribution in [3.63, 3.8) is 0 Å². The molecule has 1 unspecified atom stereocenters. The van der Waals surface area contributed by atoms with Crippen LogP contribution in [-0.2, 0) is 14.4 Å². The number of hydrogen-bond acceptors (Lipinski definition) is 5. The van der Waals surface area contributed by atoms with Crippen LogP contribution in [0.1, 0.15) is 30.7 Å². The first-order valence-corrected chi connectivity index (χ1v) is 7.83. The lowest BCUT2D eigenvalue weighted by Crippen LogP contribution is -2.45. The summed E-state index contributed by atoms with van der Waals surface area (Å²) in [6, 6.07) is 1.57. The number of aliphatic hydroxyl groups excluding tert-OH is 1. The molecule has 2 saturated heterocycles. The van der Waals surface area contributed by atoms with Crippen LogP contribution in [0.5, 0.6) is 0 Å². The average Bonchev–Trinajstić information content (AvgIpc) is 2.87. The highest BCUT2D eigenvalue weighted by molar-refractivity contribution is 6.01. The van der Waals surface area contributed by atoms with E-state index in [1.807, 2.05) is 0 Å². The number of likely N-dealkylation sites (tertiary alicyclic amines) is 1. The van der Waals surface area contributed by atoms with Crippen molar-refractivity contribution in [2.75, 3.05) is 18.2 Å². The van der Waals surface area contributed by atoms with E-state index in [1.54, 1.807) is 0 Å². The summed E-state index contributed by atoms with van der Waals surface area (Å²) in [6.45, 7) is -0.679. The molecule has 134 valence electrons. The van der Waals surface area contributed by atoms with Gasteiger partial charge in [0.25, 0.3) is 0 Å². The molecule has 2 fully saturated rings. The minimum atomic E-state index is -1.20. The van der Waals surface area contributed by atoms with Gasteiger partial charge in [0.05, 0.1) is 5.92 Å². The summed E-state index contributed by atoms with van der Waals surface area (Å²) in [7, 11) is 0. The molecule has 0 radical (unpaired) electrons. The van der Waals surface area contributed by atoms with Gasteiger partial charge in [0.1, 0.15) is 18.4 Å². The number of benzene rings is 1. The van der Waals surface area contributed by atoms with Crippen LogP contribution >= 0.6 is 0 Å². The number of halogens is 2. The van der Waals surface area contributed by atoms with Crippen LogP contribution < -0.4 is 10.6 Å². The van der Waals surface area contributed by atoms with E-state index in [1.165, 1.54) is 4.90 Å². The Hall–Kier alpha value is -2.39. The molecule has 2 atom stereocenters. The number of nitrogens with zero attached hydrogens (tertiary/aromatic N) is 2. The molecule has 3 amide bonds. The van der Waals surface area contributed by atoms with E-state index >= 15 is 0 Å². The van der Waals surface area contributed by atoms with Crippen molar-refractivity contribution >= 4 is 23.4 Å². The van der Waals surface area contributed by atoms with Gasteiger partial charge in [-0.1, -0.05) is 0 Å². The Kier molecular flexibility index (Phi) is 4.53. The Morgan fingerprint density at radius 1 is 1.16 bits per heavy atom. The largest absolute Gasteiger partial charge is 0.376 e. The van der Waals surface area contributed by atoms with Gasteiger partial charge in [-0.15, -0.1) is 0 Å². The van der Waals surface area contributed by atoms with Crippen molar-refractivity contribution < 1.29 is 28.3 Å². The van der Waals surface area contributed by atoms with E-state index in [2.05, 4.69) is 0 Å². The van der Waals surface area contributed by atoms with E-state index in [-0.39, 0.29) is 37.4 Å². The fourth-order valence-electron chi connectivity index (χ4n) is 3.30. The van der Waals surface area contributed by atoms with Crippen molar-refractivity contribution in [1.29, 1.82) is 0 Å². The number of aliphatic hydroxyl groups is 1. The summed E-state index contributed by atoms with van der Waals surface area (Å²) >= 11 is 0. The standard InChI is InChI=1S/C16H17F2N3O4/c17-11-4-9(20-6-8(19)3-14(20)24)5-12(18)15(11)10-1-2-13(23)21(7-22)16(10)25/h4-5,8,10,22H,1-3,6-7,19H2/t8-,10?/m1/s1. The zero-order valence-electron chi connectivity index (χ0n) is 13.2. The Morgan fingerprint density at radius 3 is 2.32 bits per heavy atom. The maximum atomic E-state index is 14.5. The second-order valence-corrected chi connectivity index (χ2v) is 6.18. The lowest BCUT2D eigenvalue weighted by Gasteiger charge is -2.30. The molecule has 3 rings (SSSR count). The third-order valence-electron chi connectivity index (χ3n) is 4.53. The second-order valence-electron chi connectivity index (χ2n) is 6.18. The smallest absolute Gasteiger partial charge is 0.238 e. The molecule has 0 aliphatic carbocycles. The summed E-state index contributed by atoms with van der Waals surface area (Å²) in [6.07, 6.45) is -0.0500. The molecule has 25 heavy (non-hydrogen) atoms. The van der Waals surface area contributed by atoms with E-state index in [4.69, 9.17) is 10.8 Å². The number of anilines is 1. The predicted octanol–water partition coefficient (Wildman–Crippen LogP) is 0.211. The zero-order valence-corrected chi connectivity index (χ0v) is 13.2. The van der Waals surface area contributed by atoms with Crippen LogP contribution in [0.2, 0.25) is 0 Å². The van der Waals surface area contributed by atoms with E-state index < -0.39 is 47.7 Å². The average molecular weight is 353 g/mol. The highest BCUT2D eigenvalue weighted by Gasteiger charge is 2.38. The molecule has 2 heterocycles. The molecular formula is C16H17F2N3O4. The summed E-state index contributed by atoms with van der Waals surface area (Å²) in [5.41, 5.74) is 5.26. The third kappa shape index (κ3) is 3.00. The van der Waals surface area contributed by atoms with Gasteiger partial charge in [-0.05, 0) is 18.6 Å². The molecule has 9 heteroatoms. The number of amides is 3. The lowest BCUT2D eigenvalue weighted by atomic mass is 9.88. The quantitative estimate of drug-likeness (QED) is 0.756. The summed E-state index contributed by atoms with van der Waals surface area (Å²) in [5.74, 6) is -4.91. The Morgan fingerprint density at radius 2 is 1.80 bits per heavy atom. The molecule has 1 aromatic carbocycles. The second kappa shape index (κ2) is 6.49. The predicted molar refractivity (Wildman–Crippen MR) is 82.2 cm³/mol. The zero-order chi connectivity index (χ0) is 18.3. The maximum absolute atomic E-state index is 14.5. The van der Waals surface area contributed by atoms with Gasteiger partial charge in [0, 0.05) is 36.7 Å². The van der Waals surface area contributed by atoms with Crippen LogP contribution in [-0.4, -0.2) is 47.0 Å². The molecule has 2 aliphatic rings. The number of hydrogen-bond donors (Lipinski definition) is 2. The van der Waals surface area contributed by atoms with Crippen LogP contribution in [0, 0.1) is 11.6 Å². The van der Waals surface area contributed by atoms with Gasteiger partial charge in [0.2, 0.25) is 17.7 Å². The molecule has 7 nitrogen and oxygen atoms in total. The SMILES string of the molecule is N[C@@H]1CC(=O)N(c2cc(F)c(C3CCC(=O)N(CO)C3=O)c(F)c2)C1. The first-order valence-electron chi connectivity index (χ1n) is 7.83. The minimum Gasteiger partial charge on any atom is -0.376 e. The molecule has 1 aromatic rings. The van der Waals surface area contributed by atoms with Gasteiger partial charge in [-0.25, -0.2) is 8.78 Å². The van der Waals surface area contributed by atoms with Crippen LogP contribution in [0.15, 0.2) is 12.1 Å². The molecule has 0 spiro atoms. The normalized spacial score (nSPS) is 24.4. The van der Waals surface area contributed by atoms with Crippen molar-refractivity contribution in [2.24, 2.45) is 5.73 Å². The highest BCUT2D eigenvalue weighted by atomic mass is 19.1. The Labute approximate surface area is 142 Å². The number of rotatable bonds is 3. The molecule has 0 saturated carbocycles. The summed E-state index contributed by atoms with van der Waals surface area (Å²) in [5, 5.41) is 9.12. The lowest BCUT2D eigenvalue weighted by molar-refractivity contribution is -0.153. The van der Waals surface area contributed by atoms with Gasteiger partial charge in [-0.2, -0.15) is 0 Å². The Bertz CT molecular complexity index is 732. The van der Waals surface area contributed by atoms with Crippen LogP contribution in [0.25, 0.3) is 0 Å². The fraction of sp³-hybridized carbons (Fsp3) is 0.438. The van der Waals surface area contributed by atoms with Crippen molar-refractivity contribution in [3.05, 3.63) is 29.3 Å². The van der Waals surface area contributed by atoms with Gasteiger partial charge in [0.15, 0.2) is 0 Å². The topological polar surface area (TPSA) is 104 Å². The van der Waals surface area contributed by atoms with Gasteiger partial charge < -0.3 is 15.7 Å². The number of carbonyl (C=O) groups excluding carboxylic acids is 3. The first kappa shape index (κ1) is 17.4. The van der Waals surface area contributed by atoms with Crippen molar-refractivity contribution in [2.45, 2.75) is 31.2 Å².